The van der Waals surface area contributed by atoms with Crippen molar-refractivity contribution in [3.8, 4) is 6.07 Å². The number of amides is 1. The third-order valence-corrected chi connectivity index (χ3v) is 5.01. The number of aromatic nitrogens is 3. The standard InChI is InChI=1S/C25H25N7O/c1-4-19(32-22-13-18(14-26)11-12-28-22)8-5-7-16(2)17(3)31-25-21-10-6-9-20(24(27)33)23(21)29-15-30-25/h5-13,15,17H,2,4H2,1,3H3,(H2,27,33)(H,28,32)(H,29,30,31)/b7-5-,19-8+. The van der Waals surface area contributed by atoms with Gasteiger partial charge in [-0.25, -0.2) is 15.0 Å². The Bertz CT molecular complexity index is 1290. The van der Waals surface area contributed by atoms with Gasteiger partial charge in [-0.3, -0.25) is 4.79 Å². The van der Waals surface area contributed by atoms with Crippen LogP contribution in [0.4, 0.5) is 11.6 Å². The fraction of sp³-hybridized carbons (Fsp3) is 0.160. The molecular weight excluding hydrogens is 414 g/mol. The van der Waals surface area contributed by atoms with Gasteiger partial charge < -0.3 is 16.4 Å². The molecule has 0 saturated carbocycles. The number of nitrogens with zero attached hydrogens (tertiary/aromatic N) is 4. The Morgan fingerprint density at radius 1 is 1.30 bits per heavy atom. The van der Waals surface area contributed by atoms with Gasteiger partial charge >= 0.3 is 0 Å². The van der Waals surface area contributed by atoms with Crippen molar-refractivity contribution < 1.29 is 4.79 Å². The van der Waals surface area contributed by atoms with Crippen LogP contribution in [0.1, 0.15) is 36.2 Å². The Hall–Kier alpha value is -4.51. The minimum atomic E-state index is -0.535. The average molecular weight is 440 g/mol. The number of rotatable bonds is 9. The maximum atomic E-state index is 11.7. The molecule has 8 heteroatoms. The summed E-state index contributed by atoms with van der Waals surface area (Å²) in [6, 6.07) is 10.6. The van der Waals surface area contributed by atoms with Crippen LogP contribution < -0.4 is 16.4 Å². The van der Waals surface area contributed by atoms with Gasteiger partial charge in [-0.2, -0.15) is 5.26 Å². The highest BCUT2D eigenvalue weighted by atomic mass is 16.1. The van der Waals surface area contributed by atoms with Crippen molar-refractivity contribution in [3.05, 3.63) is 90.1 Å². The van der Waals surface area contributed by atoms with Crippen LogP contribution in [0.2, 0.25) is 0 Å². The number of fused-ring (bicyclic) bond motifs is 1. The van der Waals surface area contributed by atoms with Gasteiger partial charge in [0.15, 0.2) is 0 Å². The Morgan fingerprint density at radius 3 is 2.85 bits per heavy atom. The zero-order valence-corrected chi connectivity index (χ0v) is 18.5. The first kappa shape index (κ1) is 23.2. The molecule has 0 fully saturated rings. The van der Waals surface area contributed by atoms with E-state index in [0.29, 0.717) is 33.7 Å². The van der Waals surface area contributed by atoms with Gasteiger partial charge in [0.25, 0.3) is 5.91 Å². The molecule has 33 heavy (non-hydrogen) atoms. The Morgan fingerprint density at radius 2 is 2.12 bits per heavy atom. The Balaban J connectivity index is 1.70. The lowest BCUT2D eigenvalue weighted by Gasteiger charge is -2.16. The van der Waals surface area contributed by atoms with Crippen LogP contribution in [0, 0.1) is 11.3 Å². The van der Waals surface area contributed by atoms with E-state index in [1.54, 1.807) is 30.5 Å². The maximum Gasteiger partial charge on any atom is 0.250 e. The lowest BCUT2D eigenvalue weighted by Crippen LogP contribution is -2.18. The smallest absolute Gasteiger partial charge is 0.250 e. The molecule has 3 rings (SSSR count). The maximum absolute atomic E-state index is 11.7. The van der Waals surface area contributed by atoms with E-state index in [1.165, 1.54) is 6.33 Å². The summed E-state index contributed by atoms with van der Waals surface area (Å²) in [7, 11) is 0. The second kappa shape index (κ2) is 10.7. The summed E-state index contributed by atoms with van der Waals surface area (Å²) in [6.45, 7) is 8.14. The number of allylic oxidation sites excluding steroid dienone is 3. The van der Waals surface area contributed by atoms with Gasteiger partial charge in [0.1, 0.15) is 18.0 Å². The molecule has 166 valence electrons. The van der Waals surface area contributed by atoms with Gasteiger partial charge in [-0.15, -0.1) is 0 Å². The van der Waals surface area contributed by atoms with Crippen molar-refractivity contribution >= 4 is 28.4 Å². The molecule has 0 aliphatic rings. The van der Waals surface area contributed by atoms with E-state index < -0.39 is 5.91 Å². The summed E-state index contributed by atoms with van der Waals surface area (Å²) in [5.41, 5.74) is 8.65. The van der Waals surface area contributed by atoms with E-state index in [2.05, 4.69) is 38.2 Å². The van der Waals surface area contributed by atoms with E-state index in [-0.39, 0.29) is 6.04 Å². The zero-order chi connectivity index (χ0) is 23.8. The van der Waals surface area contributed by atoms with Gasteiger partial charge in [0, 0.05) is 23.3 Å². The van der Waals surface area contributed by atoms with Crippen molar-refractivity contribution in [1.82, 2.24) is 15.0 Å². The fourth-order valence-electron chi connectivity index (χ4n) is 3.11. The number of para-hydroxylation sites is 1. The molecule has 0 spiro atoms. The summed E-state index contributed by atoms with van der Waals surface area (Å²) < 4.78 is 0. The SMILES string of the molecule is C=C(/C=C\C=C(/CC)Nc1cc(C#N)ccn1)C(C)Nc1ncnc2c(C(N)=O)cccc12. The molecule has 4 N–H and O–H groups in total. The van der Waals surface area contributed by atoms with Crippen molar-refractivity contribution in [2.24, 2.45) is 5.73 Å². The van der Waals surface area contributed by atoms with Crippen molar-refractivity contribution in [2.45, 2.75) is 26.3 Å². The lowest BCUT2D eigenvalue weighted by atomic mass is 10.1. The van der Waals surface area contributed by atoms with Crippen LogP contribution in [0.15, 0.2) is 78.9 Å². The minimum absolute atomic E-state index is 0.128. The summed E-state index contributed by atoms with van der Waals surface area (Å²) in [4.78, 5) is 24.5. The number of nitriles is 1. The number of nitrogens with one attached hydrogen (secondary N) is 2. The summed E-state index contributed by atoms with van der Waals surface area (Å²) in [5, 5.41) is 16.3. The predicted molar refractivity (Wildman–Crippen MR) is 130 cm³/mol. The lowest BCUT2D eigenvalue weighted by molar-refractivity contribution is 0.100. The molecule has 1 amide bonds. The molecule has 1 atom stereocenters. The summed E-state index contributed by atoms with van der Waals surface area (Å²) >= 11 is 0. The van der Waals surface area contributed by atoms with E-state index in [9.17, 15) is 4.79 Å². The van der Waals surface area contributed by atoms with Crippen molar-refractivity contribution in [2.75, 3.05) is 10.6 Å². The number of benzene rings is 1. The number of pyridine rings is 1. The van der Waals surface area contributed by atoms with Crippen LogP contribution in [0.25, 0.3) is 10.9 Å². The topological polar surface area (TPSA) is 130 Å². The van der Waals surface area contributed by atoms with Gasteiger partial charge in [-0.05, 0) is 49.3 Å². The Labute approximate surface area is 192 Å². The molecule has 2 aromatic heterocycles. The quantitative estimate of drug-likeness (QED) is 0.423. The number of nitrogens with two attached hydrogens (primary N) is 1. The number of primary amides is 1. The molecule has 0 aliphatic carbocycles. The average Bonchev–Trinajstić information content (AvgIpc) is 2.83. The normalized spacial score (nSPS) is 12.3. The highest BCUT2D eigenvalue weighted by Crippen LogP contribution is 2.23. The second-order valence-corrected chi connectivity index (χ2v) is 7.30. The molecule has 3 aromatic rings. The zero-order valence-electron chi connectivity index (χ0n) is 18.5. The van der Waals surface area contributed by atoms with Gasteiger partial charge in [-0.1, -0.05) is 31.7 Å². The number of carbonyl (C=O) groups is 1. The molecule has 0 radical (unpaired) electrons. The number of hydrogen-bond acceptors (Lipinski definition) is 7. The second-order valence-electron chi connectivity index (χ2n) is 7.30. The highest BCUT2D eigenvalue weighted by Gasteiger charge is 2.13. The van der Waals surface area contributed by atoms with Crippen LogP contribution >= 0.6 is 0 Å². The molecule has 0 bridgehead atoms. The Kier molecular flexibility index (Phi) is 7.50. The fourth-order valence-corrected chi connectivity index (χ4v) is 3.11. The molecule has 0 aliphatic heterocycles. The van der Waals surface area contributed by atoms with E-state index in [4.69, 9.17) is 11.0 Å². The van der Waals surface area contributed by atoms with Crippen molar-refractivity contribution in [1.29, 1.82) is 5.26 Å². The summed E-state index contributed by atoms with van der Waals surface area (Å²) in [5.74, 6) is 0.683. The number of carbonyl (C=O) groups excluding carboxylic acids is 1. The molecule has 1 aromatic carbocycles. The molecule has 2 heterocycles. The van der Waals surface area contributed by atoms with Gasteiger partial charge in [0.2, 0.25) is 0 Å². The van der Waals surface area contributed by atoms with Crippen LogP contribution in [0.3, 0.4) is 0 Å². The van der Waals surface area contributed by atoms with E-state index >= 15 is 0 Å². The first-order chi connectivity index (χ1) is 15.9. The molecular formula is C25H25N7O. The van der Waals surface area contributed by atoms with Gasteiger partial charge in [0.05, 0.1) is 22.7 Å². The molecule has 0 saturated heterocycles. The third-order valence-electron chi connectivity index (χ3n) is 5.01. The number of hydrogen-bond donors (Lipinski definition) is 3. The highest BCUT2D eigenvalue weighted by molar-refractivity contribution is 6.06. The van der Waals surface area contributed by atoms with Crippen molar-refractivity contribution in [3.63, 3.8) is 0 Å². The van der Waals surface area contributed by atoms with Crippen LogP contribution in [-0.2, 0) is 0 Å². The monoisotopic (exact) mass is 439 g/mol. The first-order valence-electron chi connectivity index (χ1n) is 10.4. The minimum Gasteiger partial charge on any atom is -0.366 e. The largest absolute Gasteiger partial charge is 0.366 e. The summed E-state index contributed by atoms with van der Waals surface area (Å²) in [6.07, 6.45) is 9.52. The molecule has 1 unspecified atom stereocenters. The molecule has 8 nitrogen and oxygen atoms in total. The first-order valence-corrected chi connectivity index (χ1v) is 10.4. The van der Waals surface area contributed by atoms with Crippen LogP contribution in [-0.4, -0.2) is 26.9 Å². The van der Waals surface area contributed by atoms with Crippen LogP contribution in [0.5, 0.6) is 0 Å². The van der Waals surface area contributed by atoms with E-state index in [1.807, 2.05) is 38.1 Å². The predicted octanol–water partition coefficient (Wildman–Crippen LogP) is 4.31. The third kappa shape index (κ3) is 5.80. The van der Waals surface area contributed by atoms with E-state index in [0.717, 1.165) is 17.7 Å². The number of anilines is 2.